The zero-order chi connectivity index (χ0) is 33.2. The maximum Gasteiger partial charge on any atom is 0.316 e. The third-order valence-corrected chi connectivity index (χ3v) is 14.4. The largest absolute Gasteiger partial charge is 0.465 e. The van der Waals surface area contributed by atoms with E-state index in [1.807, 2.05) is 13.0 Å². The number of fused-ring (bicyclic) bond motifs is 6. The second kappa shape index (κ2) is 9.66. The summed E-state index contributed by atoms with van der Waals surface area (Å²) in [6.07, 6.45) is 6.14. The van der Waals surface area contributed by atoms with E-state index in [2.05, 4.69) is 34.6 Å². The van der Waals surface area contributed by atoms with Gasteiger partial charge in [0.25, 0.3) is 0 Å². The third-order valence-electron chi connectivity index (χ3n) is 14.4. The number of hydrogen-bond donors (Lipinski definition) is 0. The molecule has 1 saturated heterocycles. The van der Waals surface area contributed by atoms with E-state index in [4.69, 9.17) is 18.9 Å². The van der Waals surface area contributed by atoms with Crippen molar-refractivity contribution >= 4 is 29.7 Å². The molecule has 0 radical (unpaired) electrons. The fourth-order valence-corrected chi connectivity index (χ4v) is 12.0. The summed E-state index contributed by atoms with van der Waals surface area (Å²) in [5, 5.41) is 0. The average Bonchev–Trinajstić information content (AvgIpc) is 3.17. The molecular formula is C36H50O9. The van der Waals surface area contributed by atoms with Crippen LogP contribution >= 0.6 is 0 Å². The predicted octanol–water partition coefficient (Wildman–Crippen LogP) is 5.66. The maximum absolute atomic E-state index is 14.8. The first-order chi connectivity index (χ1) is 20.7. The molecule has 0 unspecified atom stereocenters. The molecule has 1 spiro atoms. The number of hydrogen-bond acceptors (Lipinski definition) is 9. The number of rotatable bonds is 4. The van der Waals surface area contributed by atoms with Crippen molar-refractivity contribution in [3.05, 3.63) is 11.6 Å². The first kappa shape index (κ1) is 32.2. The van der Waals surface area contributed by atoms with E-state index in [9.17, 15) is 24.0 Å². The van der Waals surface area contributed by atoms with Gasteiger partial charge in [-0.3, -0.25) is 24.0 Å². The van der Waals surface area contributed by atoms with Crippen molar-refractivity contribution in [3.63, 3.8) is 0 Å². The highest BCUT2D eigenvalue weighted by molar-refractivity contribution is 5.96. The first-order valence-corrected chi connectivity index (χ1v) is 16.7. The van der Waals surface area contributed by atoms with Crippen LogP contribution in [0.15, 0.2) is 11.6 Å². The molecule has 9 heteroatoms. The van der Waals surface area contributed by atoms with Gasteiger partial charge in [-0.15, -0.1) is 0 Å². The molecule has 9 nitrogen and oxygen atoms in total. The van der Waals surface area contributed by atoms with Crippen LogP contribution in [0.4, 0.5) is 0 Å². The molecule has 0 N–H and O–H groups in total. The molecule has 0 aromatic rings. The number of carbonyl (C=O) groups excluding carboxylic acids is 5. The van der Waals surface area contributed by atoms with Gasteiger partial charge < -0.3 is 18.9 Å². The number of esters is 4. The number of allylic oxidation sites excluding steroid dienone is 1. The van der Waals surface area contributed by atoms with Gasteiger partial charge in [0.2, 0.25) is 0 Å². The van der Waals surface area contributed by atoms with E-state index >= 15 is 0 Å². The number of carbonyl (C=O) groups is 5. The van der Waals surface area contributed by atoms with Gasteiger partial charge in [-0.25, -0.2) is 0 Å². The SMILES string of the molecule is CC(=O)OC[C@]1(C)[C@@H]2CC[C@]3(C)[C@H](C(=O)C=C4[C@@]3(C)CC[C@@]3(C)C[C@@H](OC(C)=O)[C@@]5(C)C[C@@]43OC5=O)[C@@]2(C)CC[C@@H]1OC(C)=O. The minimum Gasteiger partial charge on any atom is -0.465 e. The molecule has 248 valence electrons. The molecule has 45 heavy (non-hydrogen) atoms. The van der Waals surface area contributed by atoms with Gasteiger partial charge in [-0.2, -0.15) is 0 Å². The lowest BCUT2D eigenvalue weighted by atomic mass is 9.33. The van der Waals surface area contributed by atoms with Crippen LogP contribution in [0.25, 0.3) is 0 Å². The lowest BCUT2D eigenvalue weighted by Crippen LogP contribution is -2.70. The van der Waals surface area contributed by atoms with Crippen molar-refractivity contribution in [2.75, 3.05) is 6.61 Å². The molecular weight excluding hydrogens is 576 g/mol. The van der Waals surface area contributed by atoms with Crippen molar-refractivity contribution in [1.29, 1.82) is 0 Å². The summed E-state index contributed by atoms with van der Waals surface area (Å²) in [6, 6.07) is 0. The van der Waals surface area contributed by atoms with Gasteiger partial charge in [0, 0.05) is 43.9 Å². The normalized spacial score (nSPS) is 49.7. The molecule has 0 amide bonds. The van der Waals surface area contributed by atoms with Gasteiger partial charge in [-0.1, -0.05) is 34.6 Å². The molecule has 11 atom stereocenters. The Morgan fingerprint density at radius 1 is 0.844 bits per heavy atom. The second-order valence-electron chi connectivity index (χ2n) is 16.8. The molecule has 4 saturated carbocycles. The quantitative estimate of drug-likeness (QED) is 0.287. The summed E-state index contributed by atoms with van der Waals surface area (Å²) < 4.78 is 23.8. The van der Waals surface area contributed by atoms with Crippen molar-refractivity contribution in [2.24, 2.45) is 44.3 Å². The summed E-state index contributed by atoms with van der Waals surface area (Å²) in [7, 11) is 0. The molecule has 1 aliphatic heterocycles. The summed E-state index contributed by atoms with van der Waals surface area (Å²) in [5.74, 6) is -1.79. The van der Waals surface area contributed by atoms with E-state index in [-0.39, 0.29) is 42.1 Å². The second-order valence-corrected chi connectivity index (χ2v) is 16.8. The highest BCUT2D eigenvalue weighted by Gasteiger charge is 2.78. The van der Waals surface area contributed by atoms with Crippen molar-refractivity contribution in [3.8, 4) is 0 Å². The Bertz CT molecular complexity index is 1420. The number of ketones is 1. The van der Waals surface area contributed by atoms with E-state index in [0.29, 0.717) is 25.7 Å². The molecule has 6 rings (SSSR count). The monoisotopic (exact) mass is 626 g/mol. The molecule has 1 heterocycles. The minimum atomic E-state index is -0.984. The fraction of sp³-hybridized carbons (Fsp3) is 0.806. The summed E-state index contributed by atoms with van der Waals surface area (Å²) in [4.78, 5) is 64.8. The third kappa shape index (κ3) is 4.00. The highest BCUT2D eigenvalue weighted by Crippen LogP contribution is 2.77. The van der Waals surface area contributed by atoms with E-state index in [1.54, 1.807) is 0 Å². The number of ether oxygens (including phenoxy) is 4. The topological polar surface area (TPSA) is 122 Å². The van der Waals surface area contributed by atoms with Gasteiger partial charge in [-0.05, 0) is 85.7 Å². The van der Waals surface area contributed by atoms with Crippen LogP contribution in [0, 0.1) is 44.3 Å². The Morgan fingerprint density at radius 3 is 2.11 bits per heavy atom. The Morgan fingerprint density at radius 2 is 1.49 bits per heavy atom. The van der Waals surface area contributed by atoms with Gasteiger partial charge >= 0.3 is 23.9 Å². The van der Waals surface area contributed by atoms with Crippen LogP contribution in [0.3, 0.4) is 0 Å². The zero-order valence-corrected chi connectivity index (χ0v) is 28.4. The Kier molecular flexibility index (Phi) is 6.92. The predicted molar refractivity (Wildman–Crippen MR) is 162 cm³/mol. The van der Waals surface area contributed by atoms with Crippen LogP contribution in [0.2, 0.25) is 0 Å². The van der Waals surface area contributed by atoms with Crippen LogP contribution in [0.5, 0.6) is 0 Å². The fourth-order valence-electron chi connectivity index (χ4n) is 12.0. The summed E-state index contributed by atoms with van der Waals surface area (Å²) in [6.45, 7) is 17.1. The summed E-state index contributed by atoms with van der Waals surface area (Å²) >= 11 is 0. The molecule has 5 fully saturated rings. The van der Waals surface area contributed by atoms with E-state index in [1.165, 1.54) is 20.8 Å². The maximum atomic E-state index is 14.8. The van der Waals surface area contributed by atoms with Crippen LogP contribution in [-0.2, 0) is 42.9 Å². The Hall–Kier alpha value is -2.71. The van der Waals surface area contributed by atoms with Crippen molar-refractivity contribution in [2.45, 2.75) is 131 Å². The smallest absolute Gasteiger partial charge is 0.316 e. The van der Waals surface area contributed by atoms with Crippen LogP contribution in [-0.4, -0.2) is 54.1 Å². The Labute approximate surface area is 266 Å². The van der Waals surface area contributed by atoms with Crippen molar-refractivity contribution < 1.29 is 42.9 Å². The lowest BCUT2D eigenvalue weighted by molar-refractivity contribution is -0.229. The standard InChI is InChI=1S/C36H50O9/c1-20(37)42-19-33(7)24-10-13-35(9)28(31(24,5)12-11-26(33)43-21(2)38)23(40)16-25-34(35,8)15-14-30(4)17-27(44-22(3)39)32(6)18-36(25,30)45-29(32)41/h16,24,26-28H,10-15,17-19H2,1-9H3/t24-,26+,27-,28-,30+,31+,32-,33-,34-,35-,36-/m1/s1. The van der Waals surface area contributed by atoms with Crippen molar-refractivity contribution in [1.82, 2.24) is 0 Å². The van der Waals surface area contributed by atoms with E-state index < -0.39 is 56.3 Å². The van der Waals surface area contributed by atoms with Crippen LogP contribution < -0.4 is 0 Å². The molecule has 6 aliphatic rings. The Balaban J connectivity index is 1.45. The van der Waals surface area contributed by atoms with Gasteiger partial charge in [0.15, 0.2) is 5.78 Å². The van der Waals surface area contributed by atoms with Crippen LogP contribution in [0.1, 0.15) is 114 Å². The zero-order valence-electron chi connectivity index (χ0n) is 28.4. The molecule has 0 aromatic heterocycles. The lowest BCUT2D eigenvalue weighted by Gasteiger charge is -2.71. The van der Waals surface area contributed by atoms with Gasteiger partial charge in [0.1, 0.15) is 29.8 Å². The summed E-state index contributed by atoms with van der Waals surface area (Å²) in [5.41, 5.74) is -3.42. The minimum absolute atomic E-state index is 0.0261. The molecule has 5 aliphatic carbocycles. The average molecular weight is 627 g/mol. The first-order valence-electron chi connectivity index (χ1n) is 16.7. The molecule has 0 aromatic carbocycles. The van der Waals surface area contributed by atoms with Gasteiger partial charge in [0.05, 0.1) is 0 Å². The highest BCUT2D eigenvalue weighted by atomic mass is 16.6. The van der Waals surface area contributed by atoms with E-state index in [0.717, 1.165) is 31.3 Å². The molecule has 2 bridgehead atoms.